The van der Waals surface area contributed by atoms with Crippen molar-refractivity contribution in [3.63, 3.8) is 0 Å². The molecule has 2 heterocycles. The number of nitrogens with zero attached hydrogens (tertiary/aromatic N) is 2. The number of carbonyl (C=O) groups excluding carboxylic acids is 1. The van der Waals surface area contributed by atoms with Crippen molar-refractivity contribution >= 4 is 17.2 Å². The third-order valence-electron chi connectivity index (χ3n) is 4.62. The summed E-state index contributed by atoms with van der Waals surface area (Å²) in [6.07, 6.45) is 4.12. The maximum atomic E-state index is 13.5. The highest BCUT2D eigenvalue weighted by Crippen LogP contribution is 2.23. The van der Waals surface area contributed by atoms with E-state index >= 15 is 0 Å². The molecule has 0 radical (unpaired) electrons. The lowest BCUT2D eigenvalue weighted by Crippen LogP contribution is -2.45. The van der Waals surface area contributed by atoms with Gasteiger partial charge in [-0.1, -0.05) is 30.4 Å². The van der Waals surface area contributed by atoms with E-state index in [4.69, 9.17) is 0 Å². The van der Waals surface area contributed by atoms with Crippen molar-refractivity contribution in [2.75, 3.05) is 6.54 Å². The molecule has 1 fully saturated rings. The lowest BCUT2D eigenvalue weighted by molar-refractivity contribution is -0.135. The Morgan fingerprint density at radius 2 is 2.21 bits per heavy atom. The third-order valence-corrected chi connectivity index (χ3v) is 5.38. The molecule has 24 heavy (non-hydrogen) atoms. The Kier molecular flexibility index (Phi) is 5.14. The van der Waals surface area contributed by atoms with Gasteiger partial charge in [-0.05, 0) is 37.8 Å². The Labute approximate surface area is 144 Å². The number of carbonyl (C=O) groups is 1. The Bertz CT molecular complexity index is 783. The summed E-state index contributed by atoms with van der Waals surface area (Å²) >= 11 is 1.04. The molecule has 0 bridgehead atoms. The van der Waals surface area contributed by atoms with E-state index in [1.807, 2.05) is 4.90 Å². The van der Waals surface area contributed by atoms with Gasteiger partial charge in [-0.2, -0.15) is 0 Å². The van der Waals surface area contributed by atoms with Crippen molar-refractivity contribution in [3.05, 3.63) is 45.1 Å². The number of benzene rings is 1. The van der Waals surface area contributed by atoms with E-state index < -0.39 is 0 Å². The van der Waals surface area contributed by atoms with Crippen molar-refractivity contribution in [2.24, 2.45) is 0 Å². The minimum atomic E-state index is -0.355. The standard InChI is InChI=1S/C18H21FN2O2S/c1-2-15-8-3-4-9-20(15)17(22)11-21-16(12-24-18(21)23)13-6-5-7-14(19)10-13/h5-7,10,12,15H,2-4,8-9,11H2,1H3/t15-/m1/s1. The van der Waals surface area contributed by atoms with Crippen LogP contribution in [0.2, 0.25) is 0 Å². The number of piperidine rings is 1. The summed E-state index contributed by atoms with van der Waals surface area (Å²) in [6, 6.07) is 6.37. The van der Waals surface area contributed by atoms with Crippen LogP contribution < -0.4 is 4.87 Å². The largest absolute Gasteiger partial charge is 0.338 e. The first-order valence-corrected chi connectivity index (χ1v) is 9.22. The quantitative estimate of drug-likeness (QED) is 0.848. The van der Waals surface area contributed by atoms with Gasteiger partial charge in [-0.15, -0.1) is 0 Å². The van der Waals surface area contributed by atoms with Crippen LogP contribution in [0, 0.1) is 5.82 Å². The molecule has 0 unspecified atom stereocenters. The number of aromatic nitrogens is 1. The second kappa shape index (κ2) is 7.30. The molecule has 1 atom stereocenters. The fraction of sp³-hybridized carbons (Fsp3) is 0.444. The van der Waals surface area contributed by atoms with Crippen LogP contribution in [0.3, 0.4) is 0 Å². The number of amides is 1. The predicted octanol–water partition coefficient (Wildman–Crippen LogP) is 3.51. The molecule has 2 aromatic rings. The Morgan fingerprint density at radius 3 is 2.96 bits per heavy atom. The van der Waals surface area contributed by atoms with E-state index in [0.717, 1.165) is 43.6 Å². The van der Waals surface area contributed by atoms with E-state index in [9.17, 15) is 14.0 Å². The lowest BCUT2D eigenvalue weighted by Gasteiger charge is -2.35. The Balaban J connectivity index is 1.86. The number of rotatable bonds is 4. The molecular weight excluding hydrogens is 327 g/mol. The zero-order valence-electron chi connectivity index (χ0n) is 13.7. The first-order chi connectivity index (χ1) is 11.6. The zero-order valence-corrected chi connectivity index (χ0v) is 14.5. The summed E-state index contributed by atoms with van der Waals surface area (Å²) in [5.41, 5.74) is 1.22. The average molecular weight is 348 g/mol. The molecule has 0 spiro atoms. The van der Waals surface area contributed by atoms with Crippen LogP contribution in [-0.2, 0) is 11.3 Å². The zero-order chi connectivity index (χ0) is 17.1. The van der Waals surface area contributed by atoms with Crippen LogP contribution in [0.4, 0.5) is 4.39 Å². The summed E-state index contributed by atoms with van der Waals surface area (Å²) in [7, 11) is 0. The average Bonchev–Trinajstić information content (AvgIpc) is 2.95. The Morgan fingerprint density at radius 1 is 1.38 bits per heavy atom. The van der Waals surface area contributed by atoms with Crippen LogP contribution in [0.25, 0.3) is 11.3 Å². The molecule has 4 nitrogen and oxygen atoms in total. The van der Waals surface area contributed by atoms with E-state index in [2.05, 4.69) is 6.92 Å². The maximum Gasteiger partial charge on any atom is 0.308 e. The SMILES string of the molecule is CC[C@@H]1CCCCN1C(=O)Cn1c(-c2cccc(F)c2)csc1=O. The van der Waals surface area contributed by atoms with Gasteiger partial charge in [0.1, 0.15) is 12.4 Å². The fourth-order valence-electron chi connectivity index (χ4n) is 3.33. The van der Waals surface area contributed by atoms with Crippen molar-refractivity contribution in [2.45, 2.75) is 45.2 Å². The highest BCUT2D eigenvalue weighted by atomic mass is 32.1. The van der Waals surface area contributed by atoms with Gasteiger partial charge in [0.15, 0.2) is 0 Å². The third kappa shape index (κ3) is 3.43. The van der Waals surface area contributed by atoms with Crippen LogP contribution in [0.5, 0.6) is 0 Å². The van der Waals surface area contributed by atoms with Gasteiger partial charge in [0.25, 0.3) is 0 Å². The first-order valence-electron chi connectivity index (χ1n) is 8.34. The lowest BCUT2D eigenvalue weighted by atomic mass is 10.00. The number of likely N-dealkylation sites (tertiary alicyclic amines) is 1. The summed E-state index contributed by atoms with van der Waals surface area (Å²) in [5, 5.41) is 1.69. The van der Waals surface area contributed by atoms with E-state index in [1.54, 1.807) is 17.5 Å². The normalized spacial score (nSPS) is 17.9. The molecule has 0 N–H and O–H groups in total. The van der Waals surface area contributed by atoms with Gasteiger partial charge in [0.2, 0.25) is 5.91 Å². The fourth-order valence-corrected chi connectivity index (χ4v) is 4.10. The van der Waals surface area contributed by atoms with Crippen molar-refractivity contribution in [3.8, 4) is 11.3 Å². The molecule has 128 valence electrons. The molecule has 0 saturated carbocycles. The molecule has 0 aliphatic carbocycles. The minimum absolute atomic E-state index is 0.0185. The molecule has 1 amide bonds. The summed E-state index contributed by atoms with van der Waals surface area (Å²) < 4.78 is 14.9. The van der Waals surface area contributed by atoms with Crippen LogP contribution in [0.1, 0.15) is 32.6 Å². The summed E-state index contributed by atoms with van der Waals surface area (Å²) in [4.78, 5) is 26.6. The molecule has 1 aliphatic rings. The second-order valence-electron chi connectivity index (χ2n) is 6.13. The van der Waals surface area contributed by atoms with Crippen LogP contribution in [0.15, 0.2) is 34.4 Å². The molecule has 1 aromatic carbocycles. The number of halogens is 1. The van der Waals surface area contributed by atoms with Gasteiger partial charge in [0, 0.05) is 23.5 Å². The predicted molar refractivity (Wildman–Crippen MR) is 93.6 cm³/mol. The highest BCUT2D eigenvalue weighted by molar-refractivity contribution is 7.07. The van der Waals surface area contributed by atoms with Crippen LogP contribution >= 0.6 is 11.3 Å². The van der Waals surface area contributed by atoms with Crippen molar-refractivity contribution in [1.29, 1.82) is 0 Å². The number of hydrogen-bond acceptors (Lipinski definition) is 3. The topological polar surface area (TPSA) is 42.3 Å². The van der Waals surface area contributed by atoms with Crippen molar-refractivity contribution < 1.29 is 9.18 Å². The maximum absolute atomic E-state index is 13.5. The molecule has 3 rings (SSSR count). The smallest absolute Gasteiger partial charge is 0.308 e. The summed E-state index contributed by atoms with van der Waals surface area (Å²) in [6.45, 7) is 2.86. The van der Waals surface area contributed by atoms with Gasteiger partial charge in [0.05, 0.1) is 5.69 Å². The molecular formula is C18H21FN2O2S. The van der Waals surface area contributed by atoms with Crippen LogP contribution in [-0.4, -0.2) is 28.0 Å². The van der Waals surface area contributed by atoms with Crippen molar-refractivity contribution in [1.82, 2.24) is 9.47 Å². The monoisotopic (exact) mass is 348 g/mol. The van der Waals surface area contributed by atoms with E-state index in [0.29, 0.717) is 11.3 Å². The molecule has 1 saturated heterocycles. The van der Waals surface area contributed by atoms with Gasteiger partial charge in [-0.3, -0.25) is 14.2 Å². The molecule has 1 aromatic heterocycles. The minimum Gasteiger partial charge on any atom is -0.338 e. The number of thiazole rings is 1. The van der Waals surface area contributed by atoms with Gasteiger partial charge >= 0.3 is 4.87 Å². The summed E-state index contributed by atoms with van der Waals surface area (Å²) in [5.74, 6) is -0.384. The molecule has 6 heteroatoms. The number of hydrogen-bond donors (Lipinski definition) is 0. The van der Waals surface area contributed by atoms with Gasteiger partial charge in [-0.25, -0.2) is 4.39 Å². The molecule has 1 aliphatic heterocycles. The van der Waals surface area contributed by atoms with E-state index in [-0.39, 0.29) is 29.2 Å². The first kappa shape index (κ1) is 16.9. The van der Waals surface area contributed by atoms with Gasteiger partial charge < -0.3 is 4.90 Å². The Hall–Kier alpha value is -1.95. The highest BCUT2D eigenvalue weighted by Gasteiger charge is 2.26. The second-order valence-corrected chi connectivity index (χ2v) is 6.95. The van der Waals surface area contributed by atoms with E-state index in [1.165, 1.54) is 16.7 Å².